The molecule has 3 heterocycles. The molecule has 0 amide bonds. The fourth-order valence-electron chi connectivity index (χ4n) is 2.66. The summed E-state index contributed by atoms with van der Waals surface area (Å²) in [6, 6.07) is 2.01. The minimum Gasteiger partial charge on any atom is -0.465 e. The highest BCUT2D eigenvalue weighted by Crippen LogP contribution is 2.25. The van der Waals surface area contributed by atoms with Crippen LogP contribution in [0.2, 0.25) is 5.15 Å². The minimum atomic E-state index is -0.533. The second-order valence-corrected chi connectivity index (χ2v) is 5.79. The molecule has 2 aromatic heterocycles. The van der Waals surface area contributed by atoms with Crippen LogP contribution in [0.1, 0.15) is 23.2 Å². The normalized spacial score (nSPS) is 19.3. The number of carbonyl (C=O) groups is 1. The maximum atomic E-state index is 11.8. The van der Waals surface area contributed by atoms with Gasteiger partial charge in [0.25, 0.3) is 6.01 Å². The molecular weight excluding hydrogens is 308 g/mol. The van der Waals surface area contributed by atoms with Gasteiger partial charge in [-0.3, -0.25) is 0 Å². The topological polar surface area (TPSA) is 80.5 Å². The number of carbonyl (C=O) groups excluding carboxylic acids is 1. The van der Waals surface area contributed by atoms with Gasteiger partial charge in [-0.2, -0.15) is 4.98 Å². The fraction of sp³-hybridized carbons (Fsp3) is 0.500. The zero-order chi connectivity index (χ0) is 15.7. The third-order valence-electron chi connectivity index (χ3n) is 3.69. The summed E-state index contributed by atoms with van der Waals surface area (Å²) in [5, 5.41) is 3.42. The Hall–Kier alpha value is -1.86. The van der Waals surface area contributed by atoms with Crippen LogP contribution in [0, 0.1) is 0 Å². The third-order valence-corrected chi connectivity index (χ3v) is 3.88. The molecule has 7 nitrogen and oxygen atoms in total. The number of likely N-dealkylation sites (N-methyl/N-ethyl adjacent to an activating group) is 1. The third kappa shape index (κ3) is 3.00. The Kier molecular flexibility index (Phi) is 4.17. The molecule has 1 aliphatic heterocycles. The zero-order valence-corrected chi connectivity index (χ0v) is 13.2. The summed E-state index contributed by atoms with van der Waals surface area (Å²) in [5.41, 5.74) is 0.793. The molecule has 1 atom stereocenters. The quantitative estimate of drug-likeness (QED) is 0.684. The number of methoxy groups -OCH3 is 1. The maximum Gasteiger partial charge on any atom is 0.341 e. The van der Waals surface area contributed by atoms with Crippen molar-refractivity contribution in [3.63, 3.8) is 0 Å². The Morgan fingerprint density at radius 3 is 3.09 bits per heavy atom. The lowest BCUT2D eigenvalue weighted by Crippen LogP contribution is -2.39. The predicted molar refractivity (Wildman–Crippen MR) is 82.3 cm³/mol. The van der Waals surface area contributed by atoms with Crippen LogP contribution in [0.25, 0.3) is 11.2 Å². The number of halogens is 1. The number of oxazole rings is 1. The Balaban J connectivity index is 1.90. The summed E-state index contributed by atoms with van der Waals surface area (Å²) in [5.74, 6) is -0.533. The number of aromatic nitrogens is 2. The van der Waals surface area contributed by atoms with Gasteiger partial charge >= 0.3 is 5.97 Å². The molecule has 0 radical (unpaired) electrons. The number of hydrogen-bond donors (Lipinski definition) is 1. The molecule has 22 heavy (non-hydrogen) atoms. The van der Waals surface area contributed by atoms with E-state index in [-0.39, 0.29) is 22.3 Å². The molecule has 2 aromatic rings. The summed E-state index contributed by atoms with van der Waals surface area (Å²) in [6.45, 7) is 2.01. The molecule has 0 unspecified atom stereocenters. The molecule has 118 valence electrons. The SMILES string of the molecule is COC(=O)c1cc(Cl)nc2nc(N[C@@H]3CCCN(C)C3)oc12. The van der Waals surface area contributed by atoms with Crippen LogP contribution in [0.15, 0.2) is 10.5 Å². The van der Waals surface area contributed by atoms with Crippen LogP contribution >= 0.6 is 11.6 Å². The first kappa shape index (κ1) is 15.1. The van der Waals surface area contributed by atoms with Crippen LogP contribution in [0.5, 0.6) is 0 Å². The van der Waals surface area contributed by atoms with E-state index in [9.17, 15) is 4.79 Å². The van der Waals surface area contributed by atoms with Crippen LogP contribution in [0.4, 0.5) is 6.01 Å². The first-order valence-electron chi connectivity index (χ1n) is 7.07. The standard InChI is InChI=1S/C14H17ClN4O3/c1-19-5-3-4-8(7-19)16-14-18-12-11(22-14)9(13(20)21-2)6-10(15)17-12/h6,8H,3-5,7H2,1-2H3,(H,16,17,18)/t8-/m1/s1. The van der Waals surface area contributed by atoms with Crippen molar-refractivity contribution in [1.29, 1.82) is 0 Å². The maximum absolute atomic E-state index is 11.8. The van der Waals surface area contributed by atoms with Crippen LogP contribution in [-0.2, 0) is 4.74 Å². The Labute approximate surface area is 132 Å². The Bertz CT molecular complexity index is 703. The molecule has 0 bridgehead atoms. The van der Waals surface area contributed by atoms with E-state index in [1.807, 2.05) is 0 Å². The zero-order valence-electron chi connectivity index (χ0n) is 12.4. The summed E-state index contributed by atoms with van der Waals surface area (Å²) in [4.78, 5) is 22.4. The molecule has 3 rings (SSSR count). The molecule has 8 heteroatoms. The van der Waals surface area contributed by atoms with E-state index >= 15 is 0 Å². The van der Waals surface area contributed by atoms with Crippen LogP contribution in [0.3, 0.4) is 0 Å². The van der Waals surface area contributed by atoms with Gasteiger partial charge in [0.05, 0.1) is 7.11 Å². The number of anilines is 1. The number of nitrogens with one attached hydrogen (secondary N) is 1. The minimum absolute atomic E-state index is 0.171. The van der Waals surface area contributed by atoms with E-state index in [0.29, 0.717) is 11.7 Å². The summed E-state index contributed by atoms with van der Waals surface area (Å²) >= 11 is 5.92. The van der Waals surface area contributed by atoms with Crippen LogP contribution in [-0.4, -0.2) is 54.1 Å². The molecule has 0 aromatic carbocycles. The van der Waals surface area contributed by atoms with Gasteiger partial charge in [-0.15, -0.1) is 0 Å². The number of hydrogen-bond acceptors (Lipinski definition) is 7. The van der Waals surface area contributed by atoms with Crippen molar-refractivity contribution in [2.45, 2.75) is 18.9 Å². The van der Waals surface area contributed by atoms with Gasteiger partial charge in [-0.1, -0.05) is 11.6 Å². The highest BCUT2D eigenvalue weighted by Gasteiger charge is 2.22. The highest BCUT2D eigenvalue weighted by molar-refractivity contribution is 6.30. The van der Waals surface area contributed by atoms with Crippen molar-refractivity contribution in [3.8, 4) is 0 Å². The van der Waals surface area contributed by atoms with Gasteiger partial charge in [0.15, 0.2) is 5.58 Å². The average Bonchev–Trinajstić information content (AvgIpc) is 2.87. The number of likely N-dealkylation sites (tertiary alicyclic amines) is 1. The van der Waals surface area contributed by atoms with E-state index in [4.69, 9.17) is 20.8 Å². The van der Waals surface area contributed by atoms with Crippen molar-refractivity contribution in [2.75, 3.05) is 32.6 Å². The van der Waals surface area contributed by atoms with Gasteiger partial charge in [0.2, 0.25) is 5.65 Å². The molecule has 0 spiro atoms. The Morgan fingerprint density at radius 1 is 1.55 bits per heavy atom. The number of nitrogens with zero attached hydrogens (tertiary/aromatic N) is 3. The summed E-state index contributed by atoms with van der Waals surface area (Å²) < 4.78 is 10.4. The van der Waals surface area contributed by atoms with E-state index in [1.54, 1.807) is 0 Å². The molecular formula is C14H17ClN4O3. The van der Waals surface area contributed by atoms with Gasteiger partial charge in [-0.05, 0) is 32.5 Å². The highest BCUT2D eigenvalue weighted by atomic mass is 35.5. The lowest BCUT2D eigenvalue weighted by atomic mass is 10.1. The second-order valence-electron chi connectivity index (χ2n) is 5.40. The molecule has 1 fully saturated rings. The lowest BCUT2D eigenvalue weighted by Gasteiger charge is -2.29. The molecule has 1 aliphatic rings. The van der Waals surface area contributed by atoms with E-state index < -0.39 is 5.97 Å². The van der Waals surface area contributed by atoms with Gasteiger partial charge < -0.3 is 19.4 Å². The largest absolute Gasteiger partial charge is 0.465 e. The first-order chi connectivity index (χ1) is 10.6. The number of rotatable bonds is 3. The number of esters is 1. The van der Waals surface area contributed by atoms with E-state index in [1.165, 1.54) is 13.2 Å². The fourth-order valence-corrected chi connectivity index (χ4v) is 2.85. The van der Waals surface area contributed by atoms with Crippen molar-refractivity contribution < 1.29 is 13.9 Å². The van der Waals surface area contributed by atoms with Crippen molar-refractivity contribution >= 4 is 34.8 Å². The van der Waals surface area contributed by atoms with Crippen molar-refractivity contribution in [2.24, 2.45) is 0 Å². The van der Waals surface area contributed by atoms with Crippen LogP contribution < -0.4 is 5.32 Å². The molecule has 0 aliphatic carbocycles. The molecule has 1 saturated heterocycles. The number of pyridine rings is 1. The van der Waals surface area contributed by atoms with E-state index in [2.05, 4.69) is 27.2 Å². The number of ether oxygens (including phenoxy) is 1. The van der Waals surface area contributed by atoms with Gasteiger partial charge in [0, 0.05) is 12.6 Å². The van der Waals surface area contributed by atoms with E-state index in [0.717, 1.165) is 25.9 Å². The second kappa shape index (κ2) is 6.10. The molecule has 0 saturated carbocycles. The first-order valence-corrected chi connectivity index (χ1v) is 7.45. The average molecular weight is 325 g/mol. The van der Waals surface area contributed by atoms with Crippen molar-refractivity contribution in [3.05, 3.63) is 16.8 Å². The predicted octanol–water partition coefficient (Wildman–Crippen LogP) is 2.17. The van der Waals surface area contributed by atoms with Gasteiger partial charge in [0.1, 0.15) is 10.7 Å². The van der Waals surface area contributed by atoms with Crippen molar-refractivity contribution in [1.82, 2.24) is 14.9 Å². The summed E-state index contributed by atoms with van der Waals surface area (Å²) in [7, 11) is 3.38. The molecule has 1 N–H and O–H groups in total. The smallest absolute Gasteiger partial charge is 0.341 e. The summed E-state index contributed by atoms with van der Waals surface area (Å²) in [6.07, 6.45) is 2.16. The Morgan fingerprint density at radius 2 is 2.36 bits per heavy atom. The lowest BCUT2D eigenvalue weighted by molar-refractivity contribution is 0.0601. The van der Waals surface area contributed by atoms with Gasteiger partial charge in [-0.25, -0.2) is 9.78 Å². The number of piperidine rings is 1. The number of fused-ring (bicyclic) bond motifs is 1. The monoisotopic (exact) mass is 324 g/mol.